The predicted octanol–water partition coefficient (Wildman–Crippen LogP) is -1.40. The maximum absolute atomic E-state index is 12.5. The van der Waals surface area contributed by atoms with Gasteiger partial charge in [-0.1, -0.05) is 48.5 Å². The molecule has 1 fully saturated rings. The first-order valence-electron chi connectivity index (χ1n) is 9.64. The molecule has 1 unspecified atom stereocenters. The number of aliphatic hydroxyl groups is 1. The number of carbonyl (C=O) groups excluding carboxylic acids is 2. The van der Waals surface area contributed by atoms with E-state index in [9.17, 15) is 19.8 Å². The maximum Gasteiger partial charge on any atom is 1.00 e. The number of rotatable bonds is 3. The molecule has 1 aliphatic carbocycles. The van der Waals surface area contributed by atoms with Crippen molar-refractivity contribution in [1.29, 1.82) is 0 Å². The van der Waals surface area contributed by atoms with Gasteiger partial charge in [0.1, 0.15) is 0 Å². The molecular formula is C23H20KNO4. The van der Waals surface area contributed by atoms with Crippen molar-refractivity contribution in [3.05, 3.63) is 65.4 Å². The van der Waals surface area contributed by atoms with Crippen LogP contribution in [-0.2, 0) is 16.0 Å². The standard InChI is InChI=1S/C23H21NO4.K/c1-12(25)18-20-17-10-8-15-11-14(13-5-3-2-4-6-13)7-9-16(15)19(17)21(23(27)28)24(20)22(18)26;/h2-7,9,11-12,17-18,20,25H,8,10H2,1H3,(H,27,28);/q;+1/p-1/t12-,17+,18-,20?;/m1./s1. The molecule has 0 bridgehead atoms. The van der Waals surface area contributed by atoms with Crippen LogP contribution in [0.2, 0.25) is 0 Å². The number of nitrogens with zero attached hydrogens (tertiary/aromatic N) is 1. The second-order valence-electron chi connectivity index (χ2n) is 7.90. The zero-order valence-corrected chi connectivity index (χ0v) is 19.6. The summed E-state index contributed by atoms with van der Waals surface area (Å²) in [6, 6.07) is 15.9. The van der Waals surface area contributed by atoms with Crippen LogP contribution in [0.3, 0.4) is 0 Å². The first-order chi connectivity index (χ1) is 13.5. The number of carbonyl (C=O) groups is 2. The van der Waals surface area contributed by atoms with Gasteiger partial charge in [0.25, 0.3) is 0 Å². The molecule has 1 N–H and O–H groups in total. The summed E-state index contributed by atoms with van der Waals surface area (Å²) in [5.74, 6) is -2.24. The molecule has 6 heteroatoms. The summed E-state index contributed by atoms with van der Waals surface area (Å²) >= 11 is 0. The molecule has 2 aromatic carbocycles. The van der Waals surface area contributed by atoms with E-state index in [2.05, 4.69) is 6.07 Å². The van der Waals surface area contributed by atoms with E-state index in [1.807, 2.05) is 42.5 Å². The molecule has 142 valence electrons. The number of carboxylic acid groups (broad SMARTS) is 1. The molecular weight excluding hydrogens is 393 g/mol. The number of amides is 1. The second-order valence-corrected chi connectivity index (χ2v) is 7.90. The molecule has 0 radical (unpaired) electrons. The molecule has 29 heavy (non-hydrogen) atoms. The fraction of sp³-hybridized carbons (Fsp3) is 0.304. The molecule has 1 amide bonds. The van der Waals surface area contributed by atoms with E-state index in [1.165, 1.54) is 4.90 Å². The molecule has 5 rings (SSSR count). The minimum atomic E-state index is -1.32. The van der Waals surface area contributed by atoms with E-state index >= 15 is 0 Å². The predicted molar refractivity (Wildman–Crippen MR) is 101 cm³/mol. The van der Waals surface area contributed by atoms with E-state index in [1.54, 1.807) is 6.92 Å². The van der Waals surface area contributed by atoms with Crippen LogP contribution in [0.25, 0.3) is 16.7 Å². The van der Waals surface area contributed by atoms with Crippen molar-refractivity contribution in [2.75, 3.05) is 0 Å². The summed E-state index contributed by atoms with van der Waals surface area (Å²) in [5, 5.41) is 22.0. The molecule has 4 atom stereocenters. The van der Waals surface area contributed by atoms with E-state index in [-0.39, 0.29) is 74.9 Å². The number of aryl methyl sites for hydroxylation is 1. The fourth-order valence-electron chi connectivity index (χ4n) is 5.22. The largest absolute Gasteiger partial charge is 1.00 e. The number of hydrogen-bond donors (Lipinski definition) is 1. The van der Waals surface area contributed by atoms with E-state index < -0.39 is 18.0 Å². The molecule has 0 aromatic heterocycles. The van der Waals surface area contributed by atoms with Gasteiger partial charge in [0, 0.05) is 5.92 Å². The Morgan fingerprint density at radius 2 is 1.90 bits per heavy atom. The number of fused-ring (bicyclic) bond motifs is 5. The third-order valence-corrected chi connectivity index (χ3v) is 6.41. The van der Waals surface area contributed by atoms with Gasteiger partial charge >= 0.3 is 51.4 Å². The number of carboxylic acids is 1. The van der Waals surface area contributed by atoms with Gasteiger partial charge in [-0.3, -0.25) is 4.79 Å². The average molecular weight is 414 g/mol. The topological polar surface area (TPSA) is 80.7 Å². The number of benzene rings is 2. The number of β-lactam (4-membered cyclic amide) rings is 1. The van der Waals surface area contributed by atoms with Gasteiger partial charge < -0.3 is 19.9 Å². The Hall–Kier alpha value is -1.28. The molecule has 3 aliphatic rings. The molecule has 0 saturated carbocycles. The van der Waals surface area contributed by atoms with Gasteiger partial charge in [0.05, 0.1) is 29.7 Å². The van der Waals surface area contributed by atoms with Crippen molar-refractivity contribution >= 4 is 17.4 Å². The summed E-state index contributed by atoms with van der Waals surface area (Å²) < 4.78 is 0. The first kappa shape index (κ1) is 21.0. The van der Waals surface area contributed by atoms with Gasteiger partial charge in [0.2, 0.25) is 5.91 Å². The Bertz CT molecular complexity index is 1030. The van der Waals surface area contributed by atoms with Gasteiger partial charge in [-0.25, -0.2) is 0 Å². The molecule has 2 aliphatic heterocycles. The van der Waals surface area contributed by atoms with Crippen LogP contribution in [0.15, 0.2) is 54.2 Å². The average Bonchev–Trinajstić information content (AvgIpc) is 2.99. The van der Waals surface area contributed by atoms with Crippen molar-refractivity contribution in [2.24, 2.45) is 11.8 Å². The first-order valence-corrected chi connectivity index (χ1v) is 9.64. The van der Waals surface area contributed by atoms with Crippen LogP contribution >= 0.6 is 0 Å². The maximum atomic E-state index is 12.5. The Labute approximate surface area is 211 Å². The van der Waals surface area contributed by atoms with Crippen LogP contribution in [-0.4, -0.2) is 34.0 Å². The molecule has 2 heterocycles. The zero-order chi connectivity index (χ0) is 19.6. The van der Waals surface area contributed by atoms with E-state index in [4.69, 9.17) is 0 Å². The SMILES string of the molecule is C[C@@H](O)[C@H]1C(=O)N2C(C(=O)[O-])=C3c4ccc(-c5ccccc5)cc4CC[C@@H]3C12.[K+]. The minimum Gasteiger partial charge on any atom is -0.543 e. The Balaban J connectivity index is 0.00000205. The summed E-state index contributed by atoms with van der Waals surface area (Å²) in [6.07, 6.45) is 0.780. The minimum absolute atomic E-state index is 0. The second kappa shape index (κ2) is 7.76. The zero-order valence-electron chi connectivity index (χ0n) is 16.5. The summed E-state index contributed by atoms with van der Waals surface area (Å²) in [7, 11) is 0. The molecule has 5 nitrogen and oxygen atoms in total. The Kier molecular flexibility index (Phi) is 5.61. The third kappa shape index (κ3) is 3.09. The van der Waals surface area contributed by atoms with Gasteiger partial charge in [-0.15, -0.1) is 0 Å². The van der Waals surface area contributed by atoms with Crippen LogP contribution < -0.4 is 56.5 Å². The van der Waals surface area contributed by atoms with Crippen molar-refractivity contribution in [3.63, 3.8) is 0 Å². The Morgan fingerprint density at radius 1 is 1.17 bits per heavy atom. The quantitative estimate of drug-likeness (QED) is 0.496. The van der Waals surface area contributed by atoms with Crippen molar-refractivity contribution < 1.29 is 71.2 Å². The van der Waals surface area contributed by atoms with Gasteiger partial charge in [0.15, 0.2) is 0 Å². The smallest absolute Gasteiger partial charge is 0.543 e. The molecule has 2 aromatic rings. The molecule has 1 saturated heterocycles. The third-order valence-electron chi connectivity index (χ3n) is 6.41. The van der Waals surface area contributed by atoms with Gasteiger partial charge in [-0.05, 0) is 47.6 Å². The summed E-state index contributed by atoms with van der Waals surface area (Å²) in [6.45, 7) is 1.60. The van der Waals surface area contributed by atoms with Crippen molar-refractivity contribution in [3.8, 4) is 11.1 Å². The van der Waals surface area contributed by atoms with Crippen molar-refractivity contribution in [2.45, 2.75) is 31.9 Å². The number of aliphatic hydroxyl groups excluding tert-OH is 1. The molecule has 0 spiro atoms. The van der Waals surface area contributed by atoms with Crippen LogP contribution in [0, 0.1) is 11.8 Å². The number of aliphatic carboxylic acids is 1. The van der Waals surface area contributed by atoms with Gasteiger partial charge in [-0.2, -0.15) is 0 Å². The van der Waals surface area contributed by atoms with Crippen LogP contribution in [0.4, 0.5) is 0 Å². The van der Waals surface area contributed by atoms with Crippen LogP contribution in [0.5, 0.6) is 0 Å². The normalized spacial score (nSPS) is 25.4. The fourth-order valence-corrected chi connectivity index (χ4v) is 5.22. The summed E-state index contributed by atoms with van der Waals surface area (Å²) in [5.41, 5.74) is 4.87. The number of hydrogen-bond acceptors (Lipinski definition) is 4. The van der Waals surface area contributed by atoms with E-state index in [0.29, 0.717) is 5.57 Å². The van der Waals surface area contributed by atoms with Crippen molar-refractivity contribution in [1.82, 2.24) is 4.90 Å². The Morgan fingerprint density at radius 3 is 2.55 bits per heavy atom. The van der Waals surface area contributed by atoms with E-state index in [0.717, 1.165) is 35.1 Å². The summed E-state index contributed by atoms with van der Waals surface area (Å²) in [4.78, 5) is 25.8. The monoisotopic (exact) mass is 413 g/mol. The van der Waals surface area contributed by atoms with Crippen LogP contribution in [0.1, 0.15) is 24.5 Å².